The Morgan fingerprint density at radius 3 is 2.95 bits per heavy atom. The first-order valence-electron chi connectivity index (χ1n) is 7.17. The van der Waals surface area contributed by atoms with Crippen molar-refractivity contribution in [3.63, 3.8) is 0 Å². The van der Waals surface area contributed by atoms with Crippen LogP contribution in [0.1, 0.15) is 12.0 Å². The molecule has 1 aliphatic heterocycles. The van der Waals surface area contributed by atoms with E-state index in [1.165, 1.54) is 0 Å². The third kappa shape index (κ3) is 3.15. The minimum atomic E-state index is 0.0875. The summed E-state index contributed by atoms with van der Waals surface area (Å²) in [6, 6.07) is 9.32. The van der Waals surface area contributed by atoms with E-state index in [0.717, 1.165) is 30.8 Å². The molecule has 1 aliphatic rings. The van der Waals surface area contributed by atoms with Gasteiger partial charge in [-0.05, 0) is 30.7 Å². The van der Waals surface area contributed by atoms with Crippen molar-refractivity contribution in [2.75, 3.05) is 18.0 Å². The topological polar surface area (TPSA) is 29.7 Å². The average molecular weight is 314 g/mol. The van der Waals surface area contributed by atoms with Crippen molar-refractivity contribution in [2.45, 2.75) is 19.4 Å². The van der Waals surface area contributed by atoms with Crippen LogP contribution < -0.4 is 9.64 Å². The van der Waals surface area contributed by atoms with Crippen LogP contribution in [-0.2, 0) is 0 Å². The van der Waals surface area contributed by atoms with E-state index in [9.17, 15) is 0 Å². The molecule has 5 heteroatoms. The van der Waals surface area contributed by atoms with Gasteiger partial charge in [0.05, 0.1) is 13.1 Å². The molecule has 0 saturated carbocycles. The van der Waals surface area contributed by atoms with Gasteiger partial charge in [-0.1, -0.05) is 17.7 Å². The Bertz CT molecular complexity index is 709. The van der Waals surface area contributed by atoms with E-state index in [0.29, 0.717) is 16.6 Å². The lowest BCUT2D eigenvalue weighted by Gasteiger charge is -2.20. The van der Waals surface area contributed by atoms with Crippen LogP contribution in [0.2, 0.25) is 5.02 Å². The molecule has 1 aromatic heterocycles. The molecule has 22 heavy (non-hydrogen) atoms. The molecule has 0 amide bonds. The molecule has 2 heterocycles. The van der Waals surface area contributed by atoms with Crippen molar-refractivity contribution in [3.8, 4) is 5.88 Å². The Hall–Kier alpha value is -2.25. The van der Waals surface area contributed by atoms with Crippen LogP contribution in [0.25, 0.3) is 4.85 Å². The van der Waals surface area contributed by atoms with Gasteiger partial charge in [-0.2, -0.15) is 0 Å². The van der Waals surface area contributed by atoms with E-state index >= 15 is 0 Å². The maximum Gasteiger partial charge on any atom is 0.213 e. The lowest BCUT2D eigenvalue weighted by molar-refractivity contribution is 0.216. The second-order valence-corrected chi connectivity index (χ2v) is 5.83. The molecule has 0 unspecified atom stereocenters. The lowest BCUT2D eigenvalue weighted by atomic mass is 10.2. The van der Waals surface area contributed by atoms with Gasteiger partial charge in [0, 0.05) is 35.9 Å². The molecular formula is C17H16ClN3O. The standard InChI is InChI=1S/C17H16ClN3O/c1-12-3-6-17(20-10-12)22-14-7-8-21(11-14)16-5-4-13(18)9-15(16)19-2/h3-6,9-10,14H,7-8,11H2,1H3/t14-/m1/s1. The number of anilines is 1. The molecule has 1 saturated heterocycles. The third-order valence-electron chi connectivity index (χ3n) is 3.72. The summed E-state index contributed by atoms with van der Waals surface area (Å²) in [7, 11) is 0. The quantitative estimate of drug-likeness (QED) is 0.793. The first-order chi connectivity index (χ1) is 10.7. The van der Waals surface area contributed by atoms with Crippen LogP contribution in [0.5, 0.6) is 5.88 Å². The Morgan fingerprint density at radius 2 is 2.23 bits per heavy atom. The lowest BCUT2D eigenvalue weighted by Crippen LogP contribution is -2.24. The fourth-order valence-electron chi connectivity index (χ4n) is 2.59. The molecule has 1 fully saturated rings. The molecule has 0 spiro atoms. The summed E-state index contributed by atoms with van der Waals surface area (Å²) in [5, 5.41) is 0.589. The maximum atomic E-state index is 7.29. The van der Waals surface area contributed by atoms with Crippen LogP contribution in [0, 0.1) is 13.5 Å². The van der Waals surface area contributed by atoms with E-state index in [2.05, 4.69) is 14.7 Å². The van der Waals surface area contributed by atoms with Gasteiger partial charge in [-0.25, -0.2) is 9.83 Å². The average Bonchev–Trinajstić information content (AvgIpc) is 2.97. The molecule has 1 aromatic carbocycles. The van der Waals surface area contributed by atoms with Crippen molar-refractivity contribution < 1.29 is 4.74 Å². The highest BCUT2D eigenvalue weighted by atomic mass is 35.5. The van der Waals surface area contributed by atoms with Crippen LogP contribution >= 0.6 is 11.6 Å². The summed E-state index contributed by atoms with van der Waals surface area (Å²) in [5.74, 6) is 0.652. The Kier molecular flexibility index (Phi) is 4.17. The van der Waals surface area contributed by atoms with E-state index in [1.54, 1.807) is 12.3 Å². The second kappa shape index (κ2) is 6.25. The minimum absolute atomic E-state index is 0.0875. The molecule has 0 N–H and O–H groups in total. The molecule has 4 nitrogen and oxygen atoms in total. The van der Waals surface area contributed by atoms with Crippen molar-refractivity contribution in [1.29, 1.82) is 0 Å². The van der Waals surface area contributed by atoms with Crippen molar-refractivity contribution in [2.24, 2.45) is 0 Å². The van der Waals surface area contributed by atoms with Crippen LogP contribution in [0.4, 0.5) is 11.4 Å². The van der Waals surface area contributed by atoms with Gasteiger partial charge in [0.15, 0.2) is 0 Å². The SMILES string of the molecule is [C-]#[N+]c1cc(Cl)ccc1N1CC[C@@H](Oc2ccc(C)cn2)C1. The summed E-state index contributed by atoms with van der Waals surface area (Å²) in [5.41, 5.74) is 2.62. The number of nitrogens with zero attached hydrogens (tertiary/aromatic N) is 3. The Labute approximate surface area is 135 Å². The zero-order valence-electron chi connectivity index (χ0n) is 12.3. The molecule has 0 bridgehead atoms. The van der Waals surface area contributed by atoms with E-state index in [1.807, 2.05) is 31.2 Å². The van der Waals surface area contributed by atoms with E-state index < -0.39 is 0 Å². The smallest absolute Gasteiger partial charge is 0.213 e. The number of ether oxygens (including phenoxy) is 1. The van der Waals surface area contributed by atoms with E-state index in [4.69, 9.17) is 22.9 Å². The molecule has 3 rings (SSSR count). The van der Waals surface area contributed by atoms with Gasteiger partial charge in [0.2, 0.25) is 11.6 Å². The Balaban J connectivity index is 1.70. The second-order valence-electron chi connectivity index (χ2n) is 5.39. The summed E-state index contributed by atoms with van der Waals surface area (Å²) in [6.07, 6.45) is 2.80. The number of benzene rings is 1. The predicted molar refractivity (Wildman–Crippen MR) is 87.9 cm³/mol. The number of halogens is 1. The number of hydrogen-bond acceptors (Lipinski definition) is 3. The van der Waals surface area contributed by atoms with Gasteiger partial charge in [0.1, 0.15) is 6.10 Å². The highest BCUT2D eigenvalue weighted by Gasteiger charge is 2.26. The van der Waals surface area contributed by atoms with Gasteiger partial charge < -0.3 is 9.64 Å². The third-order valence-corrected chi connectivity index (χ3v) is 3.95. The largest absolute Gasteiger partial charge is 0.472 e. The molecule has 0 radical (unpaired) electrons. The van der Waals surface area contributed by atoms with Crippen molar-refractivity contribution in [3.05, 3.63) is 58.5 Å². The van der Waals surface area contributed by atoms with Crippen LogP contribution in [-0.4, -0.2) is 24.2 Å². The highest BCUT2D eigenvalue weighted by molar-refractivity contribution is 6.31. The number of aromatic nitrogens is 1. The van der Waals surface area contributed by atoms with Gasteiger partial charge in [-0.3, -0.25) is 0 Å². The molecule has 0 aliphatic carbocycles. The highest BCUT2D eigenvalue weighted by Crippen LogP contribution is 2.34. The van der Waals surface area contributed by atoms with Gasteiger partial charge in [-0.15, -0.1) is 0 Å². The fraction of sp³-hybridized carbons (Fsp3) is 0.294. The maximum absolute atomic E-state index is 7.29. The molecular weight excluding hydrogens is 298 g/mol. The minimum Gasteiger partial charge on any atom is -0.472 e. The zero-order valence-corrected chi connectivity index (χ0v) is 13.0. The summed E-state index contributed by atoms with van der Waals surface area (Å²) < 4.78 is 5.92. The van der Waals surface area contributed by atoms with Crippen LogP contribution in [0.3, 0.4) is 0 Å². The van der Waals surface area contributed by atoms with Gasteiger partial charge in [0.25, 0.3) is 0 Å². The summed E-state index contributed by atoms with van der Waals surface area (Å²) in [4.78, 5) is 10.0. The normalized spacial score (nSPS) is 17.3. The van der Waals surface area contributed by atoms with Crippen molar-refractivity contribution in [1.82, 2.24) is 4.98 Å². The summed E-state index contributed by atoms with van der Waals surface area (Å²) in [6.45, 7) is 10.9. The van der Waals surface area contributed by atoms with E-state index in [-0.39, 0.29) is 6.10 Å². The first kappa shape index (κ1) is 14.7. The number of hydrogen-bond donors (Lipinski definition) is 0. The Morgan fingerprint density at radius 1 is 1.36 bits per heavy atom. The predicted octanol–water partition coefficient (Wildman–Crippen LogP) is 4.25. The molecule has 2 aromatic rings. The first-order valence-corrected chi connectivity index (χ1v) is 7.55. The zero-order chi connectivity index (χ0) is 15.5. The number of pyridine rings is 1. The number of rotatable bonds is 3. The fourth-order valence-corrected chi connectivity index (χ4v) is 2.76. The summed E-state index contributed by atoms with van der Waals surface area (Å²) >= 11 is 5.96. The van der Waals surface area contributed by atoms with Crippen LogP contribution in [0.15, 0.2) is 36.5 Å². The monoisotopic (exact) mass is 313 g/mol. The van der Waals surface area contributed by atoms with Crippen molar-refractivity contribution >= 4 is 23.0 Å². The van der Waals surface area contributed by atoms with Gasteiger partial charge >= 0.3 is 0 Å². The number of aryl methyl sites for hydroxylation is 1. The molecule has 112 valence electrons. The molecule has 1 atom stereocenters.